The van der Waals surface area contributed by atoms with Crippen molar-refractivity contribution in [1.29, 1.82) is 0 Å². The van der Waals surface area contributed by atoms with Crippen molar-refractivity contribution in [3.05, 3.63) is 11.3 Å². The smallest absolute Gasteiger partial charge is 0.192 e. The van der Waals surface area contributed by atoms with Crippen LogP contribution in [0.2, 0.25) is 37.8 Å². The summed E-state index contributed by atoms with van der Waals surface area (Å²) < 4.78 is 6.19. The first kappa shape index (κ1) is 16.1. The second-order valence-electron chi connectivity index (χ2n) is 7.41. The standard InChI is InChI=1S/C13H30OSi2/c1-12(11-15(5,6)7)10-14-16(8,9)13(2,3)4/h11H,10H2,1-9H3/b12-11+. The number of hydrogen-bond acceptors (Lipinski definition) is 1. The van der Waals surface area contributed by atoms with E-state index in [4.69, 9.17) is 4.43 Å². The lowest BCUT2D eigenvalue weighted by Crippen LogP contribution is -2.41. The second-order valence-corrected chi connectivity index (χ2v) is 17.2. The number of hydrogen-bond donors (Lipinski definition) is 0. The van der Waals surface area contributed by atoms with Gasteiger partial charge in [-0.25, -0.2) is 0 Å². The molecule has 0 N–H and O–H groups in total. The molecular weight excluding hydrogens is 228 g/mol. The molecule has 0 fully saturated rings. The Morgan fingerprint density at radius 3 is 1.81 bits per heavy atom. The van der Waals surface area contributed by atoms with E-state index in [0.717, 1.165) is 6.61 Å². The fraction of sp³-hybridized carbons (Fsp3) is 0.846. The lowest BCUT2D eigenvalue weighted by atomic mass is 10.2. The topological polar surface area (TPSA) is 9.23 Å². The Labute approximate surface area is 104 Å². The van der Waals surface area contributed by atoms with Crippen LogP contribution in [0, 0.1) is 0 Å². The Morgan fingerprint density at radius 2 is 1.50 bits per heavy atom. The summed E-state index contributed by atoms with van der Waals surface area (Å²) in [7, 11) is -2.66. The first-order chi connectivity index (χ1) is 6.85. The molecule has 0 atom stereocenters. The maximum absolute atomic E-state index is 6.19. The van der Waals surface area contributed by atoms with Gasteiger partial charge in [0.2, 0.25) is 0 Å². The largest absolute Gasteiger partial charge is 0.413 e. The lowest BCUT2D eigenvalue weighted by molar-refractivity contribution is 0.319. The van der Waals surface area contributed by atoms with Gasteiger partial charge in [-0.05, 0) is 25.1 Å². The van der Waals surface area contributed by atoms with Crippen molar-refractivity contribution in [2.75, 3.05) is 6.61 Å². The van der Waals surface area contributed by atoms with Gasteiger partial charge in [0.05, 0.1) is 14.7 Å². The molecule has 0 aliphatic carbocycles. The van der Waals surface area contributed by atoms with E-state index in [1.54, 1.807) is 0 Å². The van der Waals surface area contributed by atoms with Gasteiger partial charge in [0.1, 0.15) is 0 Å². The van der Waals surface area contributed by atoms with Crippen molar-refractivity contribution in [1.82, 2.24) is 0 Å². The molecule has 0 aliphatic rings. The Balaban J connectivity index is 4.43. The molecule has 0 rings (SSSR count). The SMILES string of the molecule is C/C(=C\[Si](C)(C)C)CO[Si](C)(C)C(C)(C)C. The highest BCUT2D eigenvalue weighted by atomic mass is 28.4. The van der Waals surface area contributed by atoms with Gasteiger partial charge in [0.15, 0.2) is 8.32 Å². The van der Waals surface area contributed by atoms with Crippen LogP contribution in [-0.2, 0) is 4.43 Å². The van der Waals surface area contributed by atoms with Crippen LogP contribution in [0.5, 0.6) is 0 Å². The fourth-order valence-corrected chi connectivity index (χ4v) is 3.87. The van der Waals surface area contributed by atoms with E-state index in [1.807, 2.05) is 0 Å². The summed E-state index contributed by atoms with van der Waals surface area (Å²) >= 11 is 0. The summed E-state index contributed by atoms with van der Waals surface area (Å²) in [6.07, 6.45) is 0. The average Bonchev–Trinajstić information content (AvgIpc) is 1.95. The summed E-state index contributed by atoms with van der Waals surface area (Å²) in [6.45, 7) is 21.6. The van der Waals surface area contributed by atoms with Gasteiger partial charge in [0, 0.05) is 0 Å². The maximum atomic E-state index is 6.19. The highest BCUT2D eigenvalue weighted by Gasteiger charge is 2.36. The molecule has 1 nitrogen and oxygen atoms in total. The fourth-order valence-electron chi connectivity index (χ4n) is 1.29. The molecule has 0 aromatic heterocycles. The first-order valence-electron chi connectivity index (χ1n) is 6.17. The van der Waals surface area contributed by atoms with Crippen LogP contribution < -0.4 is 0 Å². The zero-order chi connectivity index (χ0) is 13.2. The van der Waals surface area contributed by atoms with Gasteiger partial charge in [-0.1, -0.05) is 51.7 Å². The molecule has 0 unspecified atom stereocenters. The predicted octanol–water partition coefficient (Wildman–Crippen LogP) is 4.83. The van der Waals surface area contributed by atoms with Gasteiger partial charge in [-0.15, -0.1) is 0 Å². The van der Waals surface area contributed by atoms with E-state index >= 15 is 0 Å². The molecule has 0 aromatic carbocycles. The minimum absolute atomic E-state index is 0.312. The molecular formula is C13H30OSi2. The molecule has 0 amide bonds. The third kappa shape index (κ3) is 6.01. The Bertz CT molecular complexity index is 254. The zero-order valence-electron chi connectivity index (χ0n) is 12.7. The van der Waals surface area contributed by atoms with Gasteiger partial charge in [-0.2, -0.15) is 0 Å². The summed E-state index contributed by atoms with van der Waals surface area (Å²) in [5.41, 5.74) is 3.85. The molecule has 0 heterocycles. The van der Waals surface area contributed by atoms with Crippen LogP contribution in [-0.4, -0.2) is 23.0 Å². The average molecular weight is 259 g/mol. The Kier molecular flexibility index (Phi) is 5.23. The molecule has 3 heteroatoms. The van der Waals surface area contributed by atoms with E-state index in [0.29, 0.717) is 5.04 Å². The van der Waals surface area contributed by atoms with Crippen molar-refractivity contribution in [3.63, 3.8) is 0 Å². The highest BCUT2D eigenvalue weighted by Crippen LogP contribution is 2.36. The van der Waals surface area contributed by atoms with Crippen LogP contribution in [0.15, 0.2) is 11.3 Å². The Morgan fingerprint density at radius 1 is 1.06 bits per heavy atom. The summed E-state index contributed by atoms with van der Waals surface area (Å²) in [4.78, 5) is 0. The van der Waals surface area contributed by atoms with Gasteiger partial charge < -0.3 is 4.43 Å². The Hall–Kier alpha value is 0.134. The van der Waals surface area contributed by atoms with E-state index in [2.05, 4.69) is 66.1 Å². The molecule has 0 saturated heterocycles. The minimum atomic E-state index is -1.57. The predicted molar refractivity (Wildman–Crippen MR) is 80.3 cm³/mol. The molecule has 16 heavy (non-hydrogen) atoms. The third-order valence-electron chi connectivity index (χ3n) is 3.15. The van der Waals surface area contributed by atoms with Crippen molar-refractivity contribution in [3.8, 4) is 0 Å². The van der Waals surface area contributed by atoms with E-state index in [9.17, 15) is 0 Å². The van der Waals surface area contributed by atoms with Crippen LogP contribution in [0.25, 0.3) is 0 Å². The van der Waals surface area contributed by atoms with Crippen molar-refractivity contribution in [2.45, 2.75) is 65.5 Å². The van der Waals surface area contributed by atoms with E-state index in [1.165, 1.54) is 5.57 Å². The summed E-state index contributed by atoms with van der Waals surface area (Å²) in [5, 5.41) is 0.312. The van der Waals surface area contributed by atoms with Crippen LogP contribution in [0.1, 0.15) is 27.7 Å². The van der Waals surface area contributed by atoms with Crippen molar-refractivity contribution in [2.24, 2.45) is 0 Å². The molecule has 0 spiro atoms. The number of rotatable bonds is 4. The summed E-state index contributed by atoms with van der Waals surface area (Å²) in [6, 6.07) is 0. The van der Waals surface area contributed by atoms with Crippen LogP contribution in [0.4, 0.5) is 0 Å². The summed E-state index contributed by atoms with van der Waals surface area (Å²) in [5.74, 6) is 0. The molecule has 96 valence electrons. The van der Waals surface area contributed by atoms with Gasteiger partial charge in [-0.3, -0.25) is 0 Å². The van der Waals surface area contributed by atoms with Crippen molar-refractivity contribution < 1.29 is 4.43 Å². The first-order valence-corrected chi connectivity index (χ1v) is 12.7. The second kappa shape index (κ2) is 5.19. The lowest BCUT2D eigenvalue weighted by Gasteiger charge is -2.36. The van der Waals surface area contributed by atoms with Crippen molar-refractivity contribution >= 4 is 16.4 Å². The van der Waals surface area contributed by atoms with Gasteiger partial charge in [0.25, 0.3) is 0 Å². The highest BCUT2D eigenvalue weighted by molar-refractivity contribution is 6.81. The van der Waals surface area contributed by atoms with Crippen LogP contribution in [0.3, 0.4) is 0 Å². The molecule has 0 bridgehead atoms. The van der Waals surface area contributed by atoms with E-state index < -0.39 is 16.4 Å². The third-order valence-corrected chi connectivity index (χ3v) is 8.98. The van der Waals surface area contributed by atoms with E-state index in [-0.39, 0.29) is 0 Å². The quantitative estimate of drug-likeness (QED) is 0.656. The normalized spacial score (nSPS) is 15.4. The molecule has 0 aliphatic heterocycles. The minimum Gasteiger partial charge on any atom is -0.413 e. The zero-order valence-corrected chi connectivity index (χ0v) is 14.7. The molecule has 0 aromatic rings. The molecule has 0 saturated carbocycles. The monoisotopic (exact) mass is 258 g/mol. The van der Waals surface area contributed by atoms with Gasteiger partial charge >= 0.3 is 0 Å². The van der Waals surface area contributed by atoms with Crippen LogP contribution >= 0.6 is 0 Å². The molecule has 0 radical (unpaired) electrons. The maximum Gasteiger partial charge on any atom is 0.192 e.